The quantitative estimate of drug-likeness (QED) is 0.0653. The van der Waals surface area contributed by atoms with Crippen LogP contribution in [0.5, 0.6) is 0 Å². The number of carbonyl (C=O) groups is 5. The van der Waals surface area contributed by atoms with E-state index < -0.39 is 35.4 Å². The van der Waals surface area contributed by atoms with E-state index in [4.69, 9.17) is 24.1 Å². The molecule has 4 N–H and O–H groups in total. The molecule has 0 heterocycles. The molecule has 0 spiro atoms. The highest BCUT2D eigenvalue weighted by molar-refractivity contribution is 5.88. The number of hydrogen-bond donors (Lipinski definition) is 4. The van der Waals surface area contributed by atoms with Crippen LogP contribution in [-0.2, 0) is 33.3 Å². The fraction of sp³-hybridized carbons (Fsp3) is 0.786. The lowest BCUT2D eigenvalue weighted by Gasteiger charge is -2.34. The Morgan fingerprint density at radius 3 is 1.38 bits per heavy atom. The zero-order valence-electron chi connectivity index (χ0n) is 38.5. The molecule has 0 aliphatic rings. The van der Waals surface area contributed by atoms with Gasteiger partial charge in [0.05, 0.1) is 13.2 Å². The zero-order chi connectivity index (χ0) is 44.7. The number of esters is 2. The summed E-state index contributed by atoms with van der Waals surface area (Å²) >= 11 is 0. The Bertz CT molecular complexity index is 1250. The Hall–Kier alpha value is -3.65. The second kappa shape index (κ2) is 27.9. The smallest absolute Gasteiger partial charge is 0.408 e. The van der Waals surface area contributed by atoms with Crippen molar-refractivity contribution in [3.05, 3.63) is 23.3 Å². The van der Waals surface area contributed by atoms with Crippen molar-refractivity contribution in [2.24, 2.45) is 23.7 Å². The third-order valence-corrected chi connectivity index (χ3v) is 7.89. The van der Waals surface area contributed by atoms with Gasteiger partial charge in [-0.1, -0.05) is 67.5 Å². The van der Waals surface area contributed by atoms with Crippen LogP contribution in [0.1, 0.15) is 125 Å². The van der Waals surface area contributed by atoms with Crippen LogP contribution in [0.3, 0.4) is 0 Å². The van der Waals surface area contributed by atoms with Gasteiger partial charge in [-0.3, -0.25) is 4.90 Å². The minimum Gasteiger partial charge on any atom is -0.480 e. The van der Waals surface area contributed by atoms with Crippen molar-refractivity contribution in [1.82, 2.24) is 20.9 Å². The normalized spacial score (nSPS) is 14.4. The van der Waals surface area contributed by atoms with E-state index >= 15 is 0 Å². The standard InChI is InChI=1S/C21H40N2O4.C11H21NO2.C10H19NO4/c1-11-26-19(24)16(6)12-18(15(4)5)23(10)13-17(14(2)3)22-20(25)27-21(7,8)9;1-6-14-11(13)9(4)7-10(12-5)8(2)3;1-6(2)7(8(12)13)11-9(14)15-10(3,4)5/h12,14-15,17-18H,11,13H2,1-10H3,(H,22,25);7-8,10,12H,6H2,1-5H3;6-7H,1-5H3,(H,11,14)(H,12,13)/b16-12+;9-7+;/t17?,18-;10-;/m11./s1. The maximum Gasteiger partial charge on any atom is 0.408 e. The average Bonchev–Trinajstić information content (AvgIpc) is 3.02. The highest BCUT2D eigenvalue weighted by Crippen LogP contribution is 2.17. The first kappa shape index (κ1) is 56.7. The number of hydrogen-bond acceptors (Lipinski definition) is 11. The summed E-state index contributed by atoms with van der Waals surface area (Å²) in [6, 6.07) is -0.710. The molecule has 0 rings (SSSR count). The highest BCUT2D eigenvalue weighted by atomic mass is 16.6. The van der Waals surface area contributed by atoms with Crippen molar-refractivity contribution in [3.63, 3.8) is 0 Å². The number of nitrogens with zero attached hydrogens (tertiary/aromatic N) is 1. The molecule has 0 aromatic rings. The van der Waals surface area contributed by atoms with Crippen molar-refractivity contribution in [1.29, 1.82) is 0 Å². The average molecular weight is 801 g/mol. The van der Waals surface area contributed by atoms with Crippen LogP contribution in [0.4, 0.5) is 9.59 Å². The lowest BCUT2D eigenvalue weighted by atomic mass is 9.97. The molecule has 0 aromatic carbocycles. The Morgan fingerprint density at radius 1 is 0.661 bits per heavy atom. The van der Waals surface area contributed by atoms with Gasteiger partial charge >= 0.3 is 30.1 Å². The maximum absolute atomic E-state index is 12.2. The largest absolute Gasteiger partial charge is 0.480 e. The predicted molar refractivity (Wildman–Crippen MR) is 223 cm³/mol. The van der Waals surface area contributed by atoms with E-state index in [2.05, 4.69) is 62.4 Å². The molecule has 4 atom stereocenters. The molecule has 0 aromatic heterocycles. The number of carbonyl (C=O) groups excluding carboxylic acids is 4. The Labute approximate surface area is 339 Å². The van der Waals surface area contributed by atoms with Crippen LogP contribution in [0, 0.1) is 23.7 Å². The molecule has 328 valence electrons. The van der Waals surface area contributed by atoms with Gasteiger partial charge in [0.2, 0.25) is 0 Å². The number of ether oxygens (including phenoxy) is 4. The first-order valence-corrected chi connectivity index (χ1v) is 19.7. The van der Waals surface area contributed by atoms with Crippen LogP contribution < -0.4 is 16.0 Å². The molecule has 0 fully saturated rings. The van der Waals surface area contributed by atoms with E-state index in [1.807, 2.05) is 53.9 Å². The number of rotatable bonds is 17. The first-order chi connectivity index (χ1) is 25.4. The molecular weight excluding hydrogens is 720 g/mol. The van der Waals surface area contributed by atoms with Crippen molar-refractivity contribution >= 4 is 30.1 Å². The zero-order valence-corrected chi connectivity index (χ0v) is 38.5. The first-order valence-electron chi connectivity index (χ1n) is 19.7. The predicted octanol–water partition coefficient (Wildman–Crippen LogP) is 7.36. The van der Waals surface area contributed by atoms with Crippen LogP contribution in [-0.4, -0.2) is 109 Å². The number of carboxylic acids is 1. The molecule has 0 saturated heterocycles. The molecular formula is C42H80N4O10. The number of likely N-dealkylation sites (N-methyl/N-ethyl adjacent to an activating group) is 2. The van der Waals surface area contributed by atoms with Gasteiger partial charge in [-0.05, 0) is 107 Å². The van der Waals surface area contributed by atoms with Crippen molar-refractivity contribution in [2.45, 2.75) is 160 Å². The summed E-state index contributed by atoms with van der Waals surface area (Å²) in [7, 11) is 3.89. The molecule has 0 aliphatic heterocycles. The van der Waals surface area contributed by atoms with Gasteiger partial charge in [-0.15, -0.1) is 0 Å². The van der Waals surface area contributed by atoms with Crippen LogP contribution >= 0.6 is 0 Å². The van der Waals surface area contributed by atoms with Gasteiger partial charge in [0, 0.05) is 35.8 Å². The second-order valence-corrected chi connectivity index (χ2v) is 17.1. The van der Waals surface area contributed by atoms with Gasteiger partial charge in [-0.2, -0.15) is 0 Å². The topological polar surface area (TPSA) is 182 Å². The van der Waals surface area contributed by atoms with Gasteiger partial charge in [-0.25, -0.2) is 24.0 Å². The van der Waals surface area contributed by atoms with E-state index in [1.165, 1.54) is 0 Å². The summed E-state index contributed by atoms with van der Waals surface area (Å²) < 4.78 is 20.3. The minimum atomic E-state index is -1.06. The summed E-state index contributed by atoms with van der Waals surface area (Å²) in [6.45, 7) is 35.3. The molecule has 14 nitrogen and oxygen atoms in total. The monoisotopic (exact) mass is 801 g/mol. The van der Waals surface area contributed by atoms with Crippen LogP contribution in [0.2, 0.25) is 0 Å². The van der Waals surface area contributed by atoms with Gasteiger partial charge in [0.25, 0.3) is 0 Å². The molecule has 0 radical (unpaired) electrons. The van der Waals surface area contributed by atoms with Gasteiger partial charge in [0.15, 0.2) is 0 Å². The highest BCUT2D eigenvalue weighted by Gasteiger charge is 2.27. The van der Waals surface area contributed by atoms with Crippen LogP contribution in [0.25, 0.3) is 0 Å². The lowest BCUT2D eigenvalue weighted by molar-refractivity contribution is -0.141. The number of alkyl carbamates (subject to hydrolysis) is 2. The molecule has 14 heteroatoms. The van der Waals surface area contributed by atoms with E-state index in [0.717, 1.165) is 0 Å². The maximum atomic E-state index is 12.2. The van der Waals surface area contributed by atoms with Gasteiger partial charge in [0.1, 0.15) is 17.2 Å². The summed E-state index contributed by atoms with van der Waals surface area (Å²) in [5, 5.41) is 17.3. The molecule has 0 bridgehead atoms. The van der Waals surface area contributed by atoms with Crippen molar-refractivity contribution in [3.8, 4) is 0 Å². The molecule has 0 saturated carbocycles. The van der Waals surface area contributed by atoms with E-state index in [-0.39, 0.29) is 41.9 Å². The third-order valence-electron chi connectivity index (χ3n) is 7.89. The Kier molecular flexibility index (Phi) is 28.2. The lowest BCUT2D eigenvalue weighted by Crippen LogP contribution is -2.50. The van der Waals surface area contributed by atoms with Crippen molar-refractivity contribution < 1.29 is 48.0 Å². The Balaban J connectivity index is -0.000000820. The molecule has 2 unspecified atom stereocenters. The summed E-state index contributed by atoms with van der Waals surface area (Å²) in [5.74, 6) is -0.760. The second-order valence-electron chi connectivity index (χ2n) is 17.1. The van der Waals surface area contributed by atoms with Gasteiger partial charge < -0.3 is 40.0 Å². The number of amides is 2. The third kappa shape index (κ3) is 27.9. The molecule has 0 aliphatic carbocycles. The number of nitrogens with one attached hydrogen (secondary N) is 3. The number of carboxylic acid groups (broad SMARTS) is 1. The molecule has 56 heavy (non-hydrogen) atoms. The summed E-state index contributed by atoms with van der Waals surface area (Å²) in [6.07, 6.45) is 2.76. The van der Waals surface area contributed by atoms with Crippen LogP contribution in [0.15, 0.2) is 23.3 Å². The van der Waals surface area contributed by atoms with E-state index in [1.54, 1.807) is 55.4 Å². The summed E-state index contributed by atoms with van der Waals surface area (Å²) in [5.41, 5.74) is 0.116. The minimum absolute atomic E-state index is 0.0519. The van der Waals surface area contributed by atoms with E-state index in [9.17, 15) is 24.0 Å². The molecule has 2 amide bonds. The Morgan fingerprint density at radius 2 is 1.07 bits per heavy atom. The van der Waals surface area contributed by atoms with E-state index in [0.29, 0.717) is 42.7 Å². The van der Waals surface area contributed by atoms with Crippen molar-refractivity contribution in [2.75, 3.05) is 33.9 Å². The fourth-order valence-electron chi connectivity index (χ4n) is 4.85. The SMILES string of the molecule is CC(C)C(NC(=O)OC(C)(C)C)C(=O)O.CCOC(=O)/C(C)=C/[C@@H](NC)C(C)C.CCOC(=O)/C(C)=C/[C@H](C(C)C)N(C)CC(NC(=O)OC(C)(C)C)C(C)C. The summed E-state index contributed by atoms with van der Waals surface area (Å²) in [4.78, 5) is 59.6. The number of aliphatic carboxylic acids is 1. The fourth-order valence-corrected chi connectivity index (χ4v) is 4.85.